The van der Waals surface area contributed by atoms with E-state index in [9.17, 15) is 0 Å². The zero-order chi connectivity index (χ0) is 44.6. The van der Waals surface area contributed by atoms with Gasteiger partial charge in [-0.3, -0.25) is 0 Å². The molecule has 66 heavy (non-hydrogen) atoms. The van der Waals surface area contributed by atoms with E-state index in [1.54, 1.807) is 0 Å². The molecule has 0 saturated carbocycles. The topological polar surface area (TPSA) is 8.17 Å². The van der Waals surface area contributed by atoms with Crippen LogP contribution in [0.25, 0.3) is 66.0 Å². The van der Waals surface area contributed by atoms with Crippen molar-refractivity contribution in [1.82, 2.24) is 4.57 Å². The van der Waals surface area contributed by atoms with Gasteiger partial charge in [0, 0.05) is 38.8 Å². The van der Waals surface area contributed by atoms with Crippen LogP contribution in [0.1, 0.15) is 48.6 Å². The minimum absolute atomic E-state index is 0.0859. The largest absolute Gasteiger partial charge is 0.335 e. The number of fused-ring (bicyclic) bond motifs is 7. The zero-order valence-electron chi connectivity index (χ0n) is 37.8. The van der Waals surface area contributed by atoms with Crippen molar-refractivity contribution in [2.24, 2.45) is 0 Å². The van der Waals surface area contributed by atoms with Crippen molar-refractivity contribution in [2.75, 3.05) is 4.90 Å². The highest BCUT2D eigenvalue weighted by Crippen LogP contribution is 2.58. The normalized spacial score (nSPS) is 13.0. The molecule has 0 fully saturated rings. The molecular weight excluding hydrogens is 797 g/mol. The van der Waals surface area contributed by atoms with Gasteiger partial charge < -0.3 is 9.47 Å². The quantitative estimate of drug-likeness (QED) is 0.155. The summed E-state index contributed by atoms with van der Waals surface area (Å²) in [5.41, 5.74) is 19.1. The number of benzene rings is 10. The van der Waals surface area contributed by atoms with Gasteiger partial charge in [-0.05, 0) is 137 Å². The molecule has 0 unspecified atom stereocenters. The van der Waals surface area contributed by atoms with Crippen LogP contribution in [0.15, 0.2) is 231 Å². The number of aromatic nitrogens is 1. The van der Waals surface area contributed by atoms with Gasteiger partial charge in [-0.15, -0.1) is 0 Å². The van der Waals surface area contributed by atoms with Gasteiger partial charge in [0.2, 0.25) is 0 Å². The van der Waals surface area contributed by atoms with Gasteiger partial charge >= 0.3 is 0 Å². The first-order chi connectivity index (χ1) is 32.3. The molecule has 1 aliphatic rings. The smallest absolute Gasteiger partial charge is 0.0713 e. The van der Waals surface area contributed by atoms with E-state index in [4.69, 9.17) is 0 Å². The molecule has 11 aromatic rings. The van der Waals surface area contributed by atoms with E-state index in [-0.39, 0.29) is 5.54 Å². The van der Waals surface area contributed by atoms with Crippen LogP contribution < -0.4 is 4.90 Å². The number of para-hydroxylation sites is 1. The van der Waals surface area contributed by atoms with E-state index in [2.05, 4.69) is 268 Å². The fourth-order valence-corrected chi connectivity index (χ4v) is 11.3. The summed E-state index contributed by atoms with van der Waals surface area (Å²) in [5.74, 6) is 0. The standard InChI is InChI=1S/C64H50N2/c1-43-19-18-29-57-61(43)55-42-51(37-39-56(55)64(57,48-23-10-6-11-24-48)49-25-12-7-13-26-49)65(59-40-34-45-20-14-15-27-52(45)62(59)46-21-8-5-9-22-46)50-35-31-44(32-36-50)47-33-38-54-53-28-16-17-30-58(53)66(60(54)41-47)63(2,3)4/h5-42H,1-4H3. The molecule has 0 atom stereocenters. The Kier molecular flexibility index (Phi) is 9.22. The Morgan fingerprint density at radius 3 is 1.73 bits per heavy atom. The monoisotopic (exact) mass is 846 g/mol. The Labute approximate surface area is 387 Å². The summed E-state index contributed by atoms with van der Waals surface area (Å²) in [7, 11) is 0. The summed E-state index contributed by atoms with van der Waals surface area (Å²) >= 11 is 0. The molecule has 0 N–H and O–H groups in total. The van der Waals surface area contributed by atoms with Crippen LogP contribution in [0.2, 0.25) is 0 Å². The van der Waals surface area contributed by atoms with Gasteiger partial charge in [0.1, 0.15) is 0 Å². The van der Waals surface area contributed by atoms with Crippen molar-refractivity contribution in [2.45, 2.75) is 38.6 Å². The molecular formula is C64H50N2. The number of rotatable bonds is 7. The number of hydrogen-bond acceptors (Lipinski definition) is 1. The van der Waals surface area contributed by atoms with E-state index in [1.165, 1.54) is 93.8 Å². The lowest BCUT2D eigenvalue weighted by molar-refractivity contribution is 0.423. The number of anilines is 3. The number of aryl methyl sites for hydroxylation is 1. The molecule has 0 spiro atoms. The highest BCUT2D eigenvalue weighted by Gasteiger charge is 2.46. The summed E-state index contributed by atoms with van der Waals surface area (Å²) < 4.78 is 2.50. The van der Waals surface area contributed by atoms with Crippen molar-refractivity contribution in [3.8, 4) is 33.4 Å². The second-order valence-electron chi connectivity index (χ2n) is 18.9. The number of nitrogens with zero attached hydrogens (tertiary/aromatic N) is 2. The second-order valence-corrected chi connectivity index (χ2v) is 18.9. The Bertz CT molecular complexity index is 3570. The average Bonchev–Trinajstić information content (AvgIpc) is 3.86. The minimum atomic E-state index is -0.484. The van der Waals surface area contributed by atoms with Crippen LogP contribution in [0.3, 0.4) is 0 Å². The fourth-order valence-electron chi connectivity index (χ4n) is 11.3. The van der Waals surface area contributed by atoms with Crippen molar-refractivity contribution in [1.29, 1.82) is 0 Å². The summed E-state index contributed by atoms with van der Waals surface area (Å²) in [4.78, 5) is 2.49. The van der Waals surface area contributed by atoms with E-state index >= 15 is 0 Å². The maximum Gasteiger partial charge on any atom is 0.0713 e. The Balaban J connectivity index is 1.09. The summed E-state index contributed by atoms with van der Waals surface area (Å²) in [5, 5.41) is 5.02. The molecule has 316 valence electrons. The van der Waals surface area contributed by atoms with Crippen molar-refractivity contribution in [3.63, 3.8) is 0 Å². The Morgan fingerprint density at radius 2 is 1.02 bits per heavy atom. The van der Waals surface area contributed by atoms with Crippen LogP contribution in [0.4, 0.5) is 17.1 Å². The molecule has 2 nitrogen and oxygen atoms in total. The molecule has 1 aliphatic carbocycles. The van der Waals surface area contributed by atoms with Crippen LogP contribution in [0, 0.1) is 6.92 Å². The molecule has 2 heteroatoms. The third-order valence-electron chi connectivity index (χ3n) is 14.0. The lowest BCUT2D eigenvalue weighted by Crippen LogP contribution is -2.28. The van der Waals surface area contributed by atoms with Crippen LogP contribution in [-0.2, 0) is 11.0 Å². The van der Waals surface area contributed by atoms with Crippen LogP contribution in [0.5, 0.6) is 0 Å². The zero-order valence-corrected chi connectivity index (χ0v) is 37.8. The minimum Gasteiger partial charge on any atom is -0.335 e. The van der Waals surface area contributed by atoms with E-state index in [0.717, 1.165) is 17.1 Å². The molecule has 10 aromatic carbocycles. The van der Waals surface area contributed by atoms with Crippen molar-refractivity contribution < 1.29 is 0 Å². The summed E-state index contributed by atoms with van der Waals surface area (Å²) in [6, 6.07) is 85.6. The summed E-state index contributed by atoms with van der Waals surface area (Å²) in [6.07, 6.45) is 0. The molecule has 1 heterocycles. The molecule has 1 aromatic heterocycles. The molecule has 0 radical (unpaired) electrons. The molecule has 0 amide bonds. The average molecular weight is 847 g/mol. The predicted octanol–water partition coefficient (Wildman–Crippen LogP) is 17.2. The van der Waals surface area contributed by atoms with Gasteiger partial charge in [0.25, 0.3) is 0 Å². The Hall–Kier alpha value is -7.94. The molecule has 12 rings (SSSR count). The van der Waals surface area contributed by atoms with Crippen molar-refractivity contribution >= 4 is 49.6 Å². The fraction of sp³-hybridized carbons (Fsp3) is 0.0938. The van der Waals surface area contributed by atoms with Crippen molar-refractivity contribution in [3.05, 3.63) is 258 Å². The SMILES string of the molecule is Cc1cccc2c1-c1cc(N(c3ccc(-c4ccc5c6ccccc6n(C(C)(C)C)c5c4)cc3)c3ccc4ccccc4c3-c3ccccc3)ccc1C2(c1ccccc1)c1ccccc1. The van der Waals surface area contributed by atoms with Crippen LogP contribution >= 0.6 is 0 Å². The first-order valence-corrected chi connectivity index (χ1v) is 23.2. The predicted molar refractivity (Wildman–Crippen MR) is 280 cm³/mol. The van der Waals surface area contributed by atoms with Crippen LogP contribution in [-0.4, -0.2) is 4.57 Å². The van der Waals surface area contributed by atoms with E-state index in [1.807, 2.05) is 0 Å². The molecule has 0 aliphatic heterocycles. The van der Waals surface area contributed by atoms with Gasteiger partial charge in [0.05, 0.1) is 16.6 Å². The van der Waals surface area contributed by atoms with Gasteiger partial charge in [-0.1, -0.05) is 188 Å². The Morgan fingerprint density at radius 1 is 0.409 bits per heavy atom. The second kappa shape index (κ2) is 15.4. The van der Waals surface area contributed by atoms with Gasteiger partial charge in [-0.2, -0.15) is 0 Å². The van der Waals surface area contributed by atoms with E-state index < -0.39 is 5.41 Å². The lowest BCUT2D eigenvalue weighted by Gasteiger charge is -2.34. The maximum absolute atomic E-state index is 2.50. The maximum atomic E-state index is 2.50. The first kappa shape index (κ1) is 39.6. The van der Waals surface area contributed by atoms with Gasteiger partial charge in [-0.25, -0.2) is 0 Å². The molecule has 0 saturated heterocycles. The highest BCUT2D eigenvalue weighted by atomic mass is 15.1. The van der Waals surface area contributed by atoms with Gasteiger partial charge in [0.15, 0.2) is 0 Å². The first-order valence-electron chi connectivity index (χ1n) is 23.2. The van der Waals surface area contributed by atoms with E-state index in [0.29, 0.717) is 0 Å². The third-order valence-corrected chi connectivity index (χ3v) is 14.0. The molecule has 0 bridgehead atoms. The summed E-state index contributed by atoms with van der Waals surface area (Å²) in [6.45, 7) is 9.17. The number of hydrogen-bond donors (Lipinski definition) is 0. The highest BCUT2D eigenvalue weighted by molar-refractivity contribution is 6.10. The third kappa shape index (κ3) is 6.09. The lowest BCUT2D eigenvalue weighted by atomic mass is 9.67.